The molecule has 1 aliphatic heterocycles. The second-order valence-electron chi connectivity index (χ2n) is 6.33. The Balaban J connectivity index is 1.96. The fraction of sp³-hybridized carbons (Fsp3) is 0.647. The van der Waals surface area contributed by atoms with Crippen LogP contribution in [0.4, 0.5) is 4.39 Å². The Morgan fingerprint density at radius 1 is 1.25 bits per heavy atom. The summed E-state index contributed by atoms with van der Waals surface area (Å²) in [7, 11) is 0. The molecule has 1 N–H and O–H groups in total. The van der Waals surface area contributed by atoms with Gasteiger partial charge in [0.05, 0.1) is 0 Å². The minimum absolute atomic E-state index is 0.153. The largest absolute Gasteiger partial charge is 0.312 e. The zero-order valence-electron chi connectivity index (χ0n) is 12.9. The normalized spacial score (nSPS) is 22.8. The third kappa shape index (κ3) is 4.29. The van der Waals surface area contributed by atoms with E-state index >= 15 is 0 Å². The van der Waals surface area contributed by atoms with E-state index in [1.54, 1.807) is 12.1 Å². The maximum atomic E-state index is 13.0. The van der Waals surface area contributed by atoms with Crippen molar-refractivity contribution in [3.8, 4) is 0 Å². The summed E-state index contributed by atoms with van der Waals surface area (Å²) in [5, 5.41) is 3.65. The standard InChI is InChI=1S/C17H27FN2/c1-13(2)17-12-20(10-4-9-19-17)14(3)11-15-5-7-16(18)8-6-15/h5-8,13-14,17,19H,4,9-12H2,1-3H3. The summed E-state index contributed by atoms with van der Waals surface area (Å²) in [6.45, 7) is 10.2. The topological polar surface area (TPSA) is 15.3 Å². The monoisotopic (exact) mass is 278 g/mol. The first-order chi connectivity index (χ1) is 9.56. The number of hydrogen-bond donors (Lipinski definition) is 1. The maximum Gasteiger partial charge on any atom is 0.123 e. The highest BCUT2D eigenvalue weighted by Gasteiger charge is 2.23. The van der Waals surface area contributed by atoms with Crippen molar-refractivity contribution in [3.63, 3.8) is 0 Å². The maximum absolute atomic E-state index is 13.0. The molecule has 0 amide bonds. The summed E-state index contributed by atoms with van der Waals surface area (Å²) >= 11 is 0. The van der Waals surface area contributed by atoms with E-state index in [4.69, 9.17) is 0 Å². The molecule has 0 bridgehead atoms. The van der Waals surface area contributed by atoms with E-state index in [0.717, 1.165) is 26.1 Å². The lowest BCUT2D eigenvalue weighted by Gasteiger charge is -2.31. The van der Waals surface area contributed by atoms with E-state index in [1.165, 1.54) is 12.0 Å². The third-order valence-electron chi connectivity index (χ3n) is 4.33. The molecular weight excluding hydrogens is 251 g/mol. The molecule has 1 heterocycles. The molecule has 0 aromatic heterocycles. The lowest BCUT2D eigenvalue weighted by atomic mass is 10.0. The average Bonchev–Trinajstić information content (AvgIpc) is 2.67. The van der Waals surface area contributed by atoms with Crippen LogP contribution >= 0.6 is 0 Å². The van der Waals surface area contributed by atoms with Gasteiger partial charge in [-0.1, -0.05) is 26.0 Å². The van der Waals surface area contributed by atoms with Crippen LogP contribution in [0.15, 0.2) is 24.3 Å². The van der Waals surface area contributed by atoms with Gasteiger partial charge in [0.15, 0.2) is 0 Å². The highest BCUT2D eigenvalue weighted by atomic mass is 19.1. The molecule has 20 heavy (non-hydrogen) atoms. The smallest absolute Gasteiger partial charge is 0.123 e. The molecule has 3 heteroatoms. The van der Waals surface area contributed by atoms with Crippen LogP contribution < -0.4 is 5.32 Å². The zero-order valence-corrected chi connectivity index (χ0v) is 12.9. The van der Waals surface area contributed by atoms with Crippen molar-refractivity contribution < 1.29 is 4.39 Å². The number of rotatable bonds is 4. The van der Waals surface area contributed by atoms with E-state index in [0.29, 0.717) is 18.0 Å². The van der Waals surface area contributed by atoms with Gasteiger partial charge in [-0.05, 0) is 56.5 Å². The first-order valence-corrected chi connectivity index (χ1v) is 7.78. The minimum atomic E-state index is -0.153. The quantitative estimate of drug-likeness (QED) is 0.910. The SMILES string of the molecule is CC(C)C1CN(C(C)Cc2ccc(F)cc2)CCCN1. The van der Waals surface area contributed by atoms with Gasteiger partial charge in [-0.3, -0.25) is 4.90 Å². The van der Waals surface area contributed by atoms with Crippen molar-refractivity contribution in [2.75, 3.05) is 19.6 Å². The Kier molecular flexibility index (Phi) is 5.55. The van der Waals surface area contributed by atoms with E-state index in [9.17, 15) is 4.39 Å². The van der Waals surface area contributed by atoms with Crippen molar-refractivity contribution >= 4 is 0 Å². The van der Waals surface area contributed by atoms with Crippen LogP contribution in [0.25, 0.3) is 0 Å². The molecular formula is C17H27FN2. The summed E-state index contributed by atoms with van der Waals surface area (Å²) in [5.41, 5.74) is 1.22. The predicted octanol–water partition coefficient (Wildman–Crippen LogP) is 3.08. The summed E-state index contributed by atoms with van der Waals surface area (Å²) in [5.74, 6) is 0.508. The molecule has 2 atom stereocenters. The molecule has 0 radical (unpaired) electrons. The van der Waals surface area contributed by atoms with Gasteiger partial charge >= 0.3 is 0 Å². The third-order valence-corrected chi connectivity index (χ3v) is 4.33. The van der Waals surface area contributed by atoms with Crippen LogP contribution in [0.3, 0.4) is 0 Å². The molecule has 0 aliphatic carbocycles. The summed E-state index contributed by atoms with van der Waals surface area (Å²) in [4.78, 5) is 2.58. The molecule has 1 fully saturated rings. The van der Waals surface area contributed by atoms with Crippen LogP contribution in [0.1, 0.15) is 32.8 Å². The van der Waals surface area contributed by atoms with Gasteiger partial charge in [0, 0.05) is 18.6 Å². The van der Waals surface area contributed by atoms with Crippen LogP contribution in [-0.4, -0.2) is 36.6 Å². The number of hydrogen-bond acceptors (Lipinski definition) is 2. The number of nitrogens with zero attached hydrogens (tertiary/aromatic N) is 1. The molecule has 0 saturated carbocycles. The summed E-state index contributed by atoms with van der Waals surface area (Å²) in [6, 6.07) is 8.00. The van der Waals surface area contributed by atoms with Gasteiger partial charge in [-0.2, -0.15) is 0 Å². The lowest BCUT2D eigenvalue weighted by Crippen LogP contribution is -2.44. The second-order valence-corrected chi connectivity index (χ2v) is 6.33. The van der Waals surface area contributed by atoms with E-state index in [-0.39, 0.29) is 5.82 Å². The lowest BCUT2D eigenvalue weighted by molar-refractivity contribution is 0.190. The van der Waals surface area contributed by atoms with Crippen LogP contribution in [-0.2, 0) is 6.42 Å². The molecule has 0 spiro atoms. The molecule has 112 valence electrons. The second kappa shape index (κ2) is 7.19. The number of benzene rings is 1. The summed E-state index contributed by atoms with van der Waals surface area (Å²) in [6.07, 6.45) is 2.20. The molecule has 1 aromatic rings. The van der Waals surface area contributed by atoms with Gasteiger partial charge in [0.25, 0.3) is 0 Å². The van der Waals surface area contributed by atoms with Crippen LogP contribution in [0, 0.1) is 11.7 Å². The Morgan fingerprint density at radius 3 is 2.60 bits per heavy atom. The van der Waals surface area contributed by atoms with Crippen molar-refractivity contribution in [2.45, 2.75) is 45.7 Å². The van der Waals surface area contributed by atoms with Crippen molar-refractivity contribution in [3.05, 3.63) is 35.6 Å². The fourth-order valence-corrected chi connectivity index (χ4v) is 2.92. The number of nitrogens with one attached hydrogen (secondary N) is 1. The van der Waals surface area contributed by atoms with Gasteiger partial charge in [-0.15, -0.1) is 0 Å². The first-order valence-electron chi connectivity index (χ1n) is 7.78. The zero-order chi connectivity index (χ0) is 14.5. The Hall–Kier alpha value is -0.930. The highest BCUT2D eigenvalue weighted by Crippen LogP contribution is 2.15. The predicted molar refractivity (Wildman–Crippen MR) is 82.4 cm³/mol. The van der Waals surface area contributed by atoms with Gasteiger partial charge in [0.2, 0.25) is 0 Å². The molecule has 1 aliphatic rings. The Bertz CT molecular complexity index is 402. The molecule has 2 rings (SSSR count). The van der Waals surface area contributed by atoms with Gasteiger partial charge in [0.1, 0.15) is 5.82 Å². The Labute approximate surface area is 122 Å². The Morgan fingerprint density at radius 2 is 1.95 bits per heavy atom. The number of halogens is 1. The van der Waals surface area contributed by atoms with Crippen molar-refractivity contribution in [1.82, 2.24) is 10.2 Å². The van der Waals surface area contributed by atoms with Gasteiger partial charge < -0.3 is 5.32 Å². The molecule has 2 unspecified atom stereocenters. The van der Waals surface area contributed by atoms with Crippen LogP contribution in [0.5, 0.6) is 0 Å². The van der Waals surface area contributed by atoms with E-state index in [1.807, 2.05) is 12.1 Å². The fourth-order valence-electron chi connectivity index (χ4n) is 2.92. The van der Waals surface area contributed by atoms with Crippen molar-refractivity contribution in [1.29, 1.82) is 0 Å². The molecule has 2 nitrogen and oxygen atoms in total. The summed E-state index contributed by atoms with van der Waals surface area (Å²) < 4.78 is 13.0. The molecule has 1 aromatic carbocycles. The molecule has 1 saturated heterocycles. The average molecular weight is 278 g/mol. The minimum Gasteiger partial charge on any atom is -0.312 e. The van der Waals surface area contributed by atoms with Crippen LogP contribution in [0.2, 0.25) is 0 Å². The van der Waals surface area contributed by atoms with E-state index in [2.05, 4.69) is 31.0 Å². The van der Waals surface area contributed by atoms with Crippen molar-refractivity contribution in [2.24, 2.45) is 5.92 Å². The highest BCUT2D eigenvalue weighted by molar-refractivity contribution is 5.17. The van der Waals surface area contributed by atoms with Gasteiger partial charge in [-0.25, -0.2) is 4.39 Å². The first kappa shape index (κ1) is 15.5. The van der Waals surface area contributed by atoms with E-state index < -0.39 is 0 Å².